The summed E-state index contributed by atoms with van der Waals surface area (Å²) in [7, 11) is 3.63. The average Bonchev–Trinajstić information content (AvgIpc) is 1.94. The third-order valence-corrected chi connectivity index (χ3v) is 1.43. The minimum atomic E-state index is 0.738. The number of hydrogen-bond acceptors (Lipinski definition) is 2. The van der Waals surface area contributed by atoms with E-state index in [0.29, 0.717) is 0 Å². The molecule has 0 amide bonds. The number of hydrogen-bond donors (Lipinski definition) is 1. The number of methoxy groups -OCH3 is 1. The van der Waals surface area contributed by atoms with Gasteiger partial charge in [-0.05, 0) is 11.5 Å². The van der Waals surface area contributed by atoms with Crippen LogP contribution in [-0.4, -0.2) is 15.0 Å². The van der Waals surface area contributed by atoms with E-state index in [-0.39, 0.29) is 0 Å². The molecular weight excluding hydrogens is 125 g/mol. The van der Waals surface area contributed by atoms with Gasteiger partial charge in [-0.15, -0.1) is 0 Å². The van der Waals surface area contributed by atoms with Crippen molar-refractivity contribution in [3.05, 3.63) is 18.2 Å². The zero-order valence-electron chi connectivity index (χ0n) is 6.22. The average molecular weight is 135 g/mol. The summed E-state index contributed by atoms with van der Waals surface area (Å²) in [5.41, 5.74) is 7.37. The van der Waals surface area contributed by atoms with Gasteiger partial charge in [-0.25, -0.2) is 0 Å². The van der Waals surface area contributed by atoms with E-state index in [1.54, 1.807) is 7.11 Å². The topological polar surface area (TPSA) is 35.2 Å². The Morgan fingerprint density at radius 1 is 1.50 bits per heavy atom. The van der Waals surface area contributed by atoms with Crippen LogP contribution < -0.4 is 15.9 Å². The van der Waals surface area contributed by atoms with E-state index in [4.69, 9.17) is 10.5 Å². The van der Waals surface area contributed by atoms with Gasteiger partial charge in [0, 0.05) is 11.8 Å². The van der Waals surface area contributed by atoms with Crippen molar-refractivity contribution in [2.75, 3.05) is 12.8 Å². The molecule has 0 saturated carbocycles. The number of nitrogens with two attached hydrogens (primary N) is 1. The Kier molecular flexibility index (Phi) is 1.85. The van der Waals surface area contributed by atoms with Gasteiger partial charge >= 0.3 is 0 Å². The highest BCUT2D eigenvalue weighted by atomic mass is 16.5. The van der Waals surface area contributed by atoms with Crippen LogP contribution in [0.15, 0.2) is 18.2 Å². The Morgan fingerprint density at radius 2 is 2.20 bits per heavy atom. The summed E-state index contributed by atoms with van der Waals surface area (Å²) in [6.45, 7) is 0. The standard InChI is InChI=1S/C7H10BNO/c1-10-7-4-5(9)2-3-6(7)8/h2-4H,8-9H2,1H3. The maximum atomic E-state index is 5.52. The predicted molar refractivity (Wildman–Crippen MR) is 45.6 cm³/mol. The maximum Gasteiger partial charge on any atom is 0.144 e. The van der Waals surface area contributed by atoms with E-state index in [0.717, 1.165) is 16.9 Å². The summed E-state index contributed by atoms with van der Waals surface area (Å²) in [5, 5.41) is 0. The molecule has 3 heteroatoms. The van der Waals surface area contributed by atoms with Crippen molar-refractivity contribution < 1.29 is 4.74 Å². The van der Waals surface area contributed by atoms with Crippen molar-refractivity contribution >= 4 is 19.0 Å². The zero-order chi connectivity index (χ0) is 7.56. The fraction of sp³-hybridized carbons (Fsp3) is 0.143. The second kappa shape index (κ2) is 2.65. The molecule has 0 fully saturated rings. The van der Waals surface area contributed by atoms with Crippen molar-refractivity contribution in [2.24, 2.45) is 0 Å². The van der Waals surface area contributed by atoms with Gasteiger partial charge in [-0.3, -0.25) is 0 Å². The second-order valence-electron chi connectivity index (χ2n) is 2.23. The first-order valence-corrected chi connectivity index (χ1v) is 3.14. The highest BCUT2D eigenvalue weighted by molar-refractivity contribution is 6.34. The summed E-state index contributed by atoms with van der Waals surface area (Å²) >= 11 is 0. The van der Waals surface area contributed by atoms with Gasteiger partial charge in [-0.1, -0.05) is 6.07 Å². The van der Waals surface area contributed by atoms with Gasteiger partial charge in [-0.2, -0.15) is 0 Å². The van der Waals surface area contributed by atoms with E-state index in [1.165, 1.54) is 0 Å². The van der Waals surface area contributed by atoms with Crippen LogP contribution in [0.4, 0.5) is 5.69 Å². The highest BCUT2D eigenvalue weighted by Gasteiger charge is 1.95. The molecule has 0 aliphatic carbocycles. The van der Waals surface area contributed by atoms with Gasteiger partial charge in [0.15, 0.2) is 0 Å². The smallest absolute Gasteiger partial charge is 0.144 e. The predicted octanol–water partition coefficient (Wildman–Crippen LogP) is -0.464. The molecule has 1 aromatic carbocycles. The quantitative estimate of drug-likeness (QED) is 0.417. The largest absolute Gasteiger partial charge is 0.497 e. The molecule has 0 aromatic heterocycles. The number of anilines is 1. The van der Waals surface area contributed by atoms with Crippen LogP contribution in [0, 0.1) is 0 Å². The first-order valence-electron chi connectivity index (χ1n) is 3.14. The lowest BCUT2D eigenvalue weighted by atomic mass is 9.95. The minimum Gasteiger partial charge on any atom is -0.497 e. The summed E-state index contributed by atoms with van der Waals surface area (Å²) in [5.74, 6) is 0.847. The summed E-state index contributed by atoms with van der Waals surface area (Å²) in [6, 6.07) is 5.61. The fourth-order valence-corrected chi connectivity index (χ4v) is 0.837. The summed E-state index contributed by atoms with van der Waals surface area (Å²) in [6.07, 6.45) is 0. The normalized spacial score (nSPS) is 9.30. The molecule has 0 aliphatic heterocycles. The molecule has 1 rings (SSSR count). The zero-order valence-corrected chi connectivity index (χ0v) is 6.22. The monoisotopic (exact) mass is 135 g/mol. The third-order valence-electron chi connectivity index (χ3n) is 1.43. The molecule has 0 radical (unpaired) electrons. The molecule has 0 bridgehead atoms. The number of benzene rings is 1. The summed E-state index contributed by atoms with van der Waals surface area (Å²) < 4.78 is 5.05. The number of rotatable bonds is 1. The molecule has 2 N–H and O–H groups in total. The molecule has 0 aliphatic rings. The molecule has 1 aromatic rings. The lowest BCUT2D eigenvalue weighted by Crippen LogP contribution is -2.06. The van der Waals surface area contributed by atoms with Crippen LogP contribution in [0.25, 0.3) is 0 Å². The first kappa shape index (κ1) is 7.00. The molecule has 2 nitrogen and oxygen atoms in total. The Hall–Kier alpha value is -1.12. The highest BCUT2D eigenvalue weighted by Crippen LogP contribution is 2.09. The van der Waals surface area contributed by atoms with Gasteiger partial charge in [0.1, 0.15) is 13.6 Å². The van der Waals surface area contributed by atoms with E-state index in [1.807, 2.05) is 26.0 Å². The maximum absolute atomic E-state index is 5.52. The molecule has 0 spiro atoms. The molecule has 10 heavy (non-hydrogen) atoms. The molecule has 52 valence electrons. The molecule has 0 saturated heterocycles. The van der Waals surface area contributed by atoms with Crippen LogP contribution >= 0.6 is 0 Å². The third kappa shape index (κ3) is 1.24. The van der Waals surface area contributed by atoms with E-state index in [9.17, 15) is 0 Å². The van der Waals surface area contributed by atoms with E-state index < -0.39 is 0 Å². The van der Waals surface area contributed by atoms with Crippen LogP contribution in [0.2, 0.25) is 0 Å². The van der Waals surface area contributed by atoms with Gasteiger partial charge in [0.25, 0.3) is 0 Å². The van der Waals surface area contributed by atoms with Crippen LogP contribution in [0.1, 0.15) is 0 Å². The van der Waals surface area contributed by atoms with Crippen LogP contribution in [0.5, 0.6) is 5.75 Å². The lowest BCUT2D eigenvalue weighted by molar-refractivity contribution is 0.418. The number of ether oxygens (including phenoxy) is 1. The Balaban J connectivity index is 3.09. The van der Waals surface area contributed by atoms with Gasteiger partial charge in [0.2, 0.25) is 0 Å². The lowest BCUT2D eigenvalue weighted by Gasteiger charge is -2.03. The van der Waals surface area contributed by atoms with E-state index in [2.05, 4.69) is 0 Å². The van der Waals surface area contributed by atoms with Gasteiger partial charge < -0.3 is 10.5 Å². The molecular formula is C7H10BNO. The van der Waals surface area contributed by atoms with Crippen molar-refractivity contribution in [3.63, 3.8) is 0 Å². The van der Waals surface area contributed by atoms with Crippen molar-refractivity contribution in [1.29, 1.82) is 0 Å². The molecule has 0 atom stereocenters. The SMILES string of the molecule is Bc1ccc(N)cc1OC. The second-order valence-corrected chi connectivity index (χ2v) is 2.23. The van der Waals surface area contributed by atoms with Crippen molar-refractivity contribution in [1.82, 2.24) is 0 Å². The molecule has 0 unspecified atom stereocenters. The van der Waals surface area contributed by atoms with Gasteiger partial charge in [0.05, 0.1) is 7.11 Å². The summed E-state index contributed by atoms with van der Waals surface area (Å²) in [4.78, 5) is 0. The first-order chi connectivity index (χ1) is 4.74. The van der Waals surface area contributed by atoms with E-state index >= 15 is 0 Å². The van der Waals surface area contributed by atoms with Crippen LogP contribution in [-0.2, 0) is 0 Å². The van der Waals surface area contributed by atoms with Crippen molar-refractivity contribution in [3.8, 4) is 5.75 Å². The minimum absolute atomic E-state index is 0.738. The fourth-order valence-electron chi connectivity index (χ4n) is 0.837. The Morgan fingerprint density at radius 3 is 2.70 bits per heavy atom. The van der Waals surface area contributed by atoms with Crippen molar-refractivity contribution in [2.45, 2.75) is 0 Å². The molecule has 0 heterocycles. The number of nitrogen functional groups attached to an aromatic ring is 1. The van der Waals surface area contributed by atoms with Crippen LogP contribution in [0.3, 0.4) is 0 Å². The Bertz CT molecular complexity index is 237. The Labute approximate surface area is 61.4 Å².